The molecule has 0 aliphatic carbocycles. The fourth-order valence-corrected chi connectivity index (χ4v) is 4.27. The summed E-state index contributed by atoms with van der Waals surface area (Å²) >= 11 is 0. The first-order valence-electron chi connectivity index (χ1n) is 10.9. The van der Waals surface area contributed by atoms with Crippen LogP contribution >= 0.6 is 0 Å². The minimum atomic E-state index is -0.258. The fourth-order valence-electron chi connectivity index (χ4n) is 4.27. The highest BCUT2D eigenvalue weighted by molar-refractivity contribution is 6.44. The first kappa shape index (κ1) is 20.3. The molecule has 1 saturated heterocycles. The molecule has 0 radical (unpaired) electrons. The Morgan fingerprint density at radius 3 is 2.03 bits per heavy atom. The van der Waals surface area contributed by atoms with Crippen LogP contribution in [0.15, 0.2) is 90.0 Å². The Morgan fingerprint density at radius 1 is 0.812 bits per heavy atom. The largest absolute Gasteiger partial charge is 0.378 e. The average molecular weight is 427 g/mol. The van der Waals surface area contributed by atoms with Gasteiger partial charge in [-0.25, -0.2) is 5.01 Å². The van der Waals surface area contributed by atoms with Gasteiger partial charge < -0.3 is 9.64 Å². The standard InChI is InChI=1S/C26H26N4O2/c1-20(31)25-27-30(24-10-6-3-7-11-24)26(21-8-4-2-5-9-21)29(25)23-14-12-22(13-15-23)28-16-18-32-19-17-28/h2-15,26H,16-19H2,1H3/t26-/m1/s1. The minimum absolute atomic E-state index is 0.0679. The quantitative estimate of drug-likeness (QED) is 0.603. The number of rotatable bonds is 5. The molecule has 0 saturated carbocycles. The van der Waals surface area contributed by atoms with Crippen LogP contribution in [-0.2, 0) is 9.53 Å². The van der Waals surface area contributed by atoms with E-state index in [9.17, 15) is 4.79 Å². The van der Waals surface area contributed by atoms with Crippen LogP contribution in [0.25, 0.3) is 0 Å². The van der Waals surface area contributed by atoms with Gasteiger partial charge in [0.15, 0.2) is 17.8 Å². The van der Waals surface area contributed by atoms with Crippen molar-refractivity contribution in [3.05, 3.63) is 90.5 Å². The van der Waals surface area contributed by atoms with Crippen LogP contribution in [0.4, 0.5) is 17.1 Å². The summed E-state index contributed by atoms with van der Waals surface area (Å²) in [5.41, 5.74) is 4.10. The predicted molar refractivity (Wildman–Crippen MR) is 128 cm³/mol. The summed E-state index contributed by atoms with van der Waals surface area (Å²) in [6.45, 7) is 4.84. The lowest BCUT2D eigenvalue weighted by molar-refractivity contribution is -0.111. The lowest BCUT2D eigenvalue weighted by Gasteiger charge is -2.33. The van der Waals surface area contributed by atoms with E-state index in [-0.39, 0.29) is 11.9 Å². The summed E-state index contributed by atoms with van der Waals surface area (Å²) in [5, 5.41) is 6.72. The third kappa shape index (κ3) is 3.85. The Balaban J connectivity index is 1.56. The van der Waals surface area contributed by atoms with Gasteiger partial charge in [-0.05, 0) is 42.0 Å². The third-order valence-corrected chi connectivity index (χ3v) is 5.84. The summed E-state index contributed by atoms with van der Waals surface area (Å²) in [5.74, 6) is 0.364. The monoisotopic (exact) mass is 426 g/mol. The number of para-hydroxylation sites is 1. The number of benzene rings is 3. The molecule has 5 rings (SSSR count). The van der Waals surface area contributed by atoms with Gasteiger partial charge in [-0.15, -0.1) is 5.10 Å². The lowest BCUT2D eigenvalue weighted by atomic mass is 10.1. The number of morpholine rings is 1. The number of anilines is 3. The number of hydrogen-bond acceptors (Lipinski definition) is 6. The molecule has 0 bridgehead atoms. The van der Waals surface area contributed by atoms with Crippen molar-refractivity contribution in [3.63, 3.8) is 0 Å². The molecule has 3 aromatic rings. The third-order valence-electron chi connectivity index (χ3n) is 5.84. The van der Waals surface area contributed by atoms with Crippen LogP contribution in [0.3, 0.4) is 0 Å². The normalized spacial score (nSPS) is 18.6. The highest BCUT2D eigenvalue weighted by atomic mass is 16.5. The summed E-state index contributed by atoms with van der Waals surface area (Å²) in [6, 6.07) is 28.6. The fraction of sp³-hybridized carbons (Fsp3) is 0.231. The first-order chi connectivity index (χ1) is 15.7. The molecule has 0 N–H and O–H groups in total. The van der Waals surface area contributed by atoms with E-state index < -0.39 is 0 Å². The topological polar surface area (TPSA) is 48.4 Å². The van der Waals surface area contributed by atoms with Crippen LogP contribution in [0.2, 0.25) is 0 Å². The van der Waals surface area contributed by atoms with E-state index in [1.165, 1.54) is 0 Å². The molecule has 1 atom stereocenters. The Morgan fingerprint density at radius 2 is 1.41 bits per heavy atom. The first-order valence-corrected chi connectivity index (χ1v) is 10.9. The van der Waals surface area contributed by atoms with Crippen molar-refractivity contribution in [1.29, 1.82) is 0 Å². The van der Waals surface area contributed by atoms with Crippen molar-refractivity contribution in [1.82, 2.24) is 0 Å². The van der Waals surface area contributed by atoms with Gasteiger partial charge in [0.25, 0.3) is 0 Å². The van der Waals surface area contributed by atoms with Crippen LogP contribution in [-0.4, -0.2) is 37.9 Å². The molecule has 0 amide bonds. The summed E-state index contributed by atoms with van der Waals surface area (Å²) in [4.78, 5) is 17.0. The van der Waals surface area contributed by atoms with E-state index in [0.29, 0.717) is 5.84 Å². The maximum Gasteiger partial charge on any atom is 0.198 e. The van der Waals surface area contributed by atoms with Gasteiger partial charge in [-0.3, -0.25) is 9.69 Å². The van der Waals surface area contributed by atoms with Gasteiger partial charge in [0.05, 0.1) is 18.9 Å². The number of hydrazone groups is 1. The average Bonchev–Trinajstić information content (AvgIpc) is 3.27. The molecule has 32 heavy (non-hydrogen) atoms. The number of carbonyl (C=O) groups is 1. The second kappa shape index (κ2) is 8.85. The van der Waals surface area contributed by atoms with Crippen molar-refractivity contribution in [2.75, 3.05) is 41.1 Å². The Kier molecular flexibility index (Phi) is 5.60. The molecule has 6 nitrogen and oxygen atoms in total. The SMILES string of the molecule is CC(=O)C1=NN(c2ccccc2)[C@H](c2ccccc2)N1c1ccc(N2CCOCC2)cc1. The van der Waals surface area contributed by atoms with Crippen molar-refractivity contribution in [2.24, 2.45) is 5.10 Å². The number of Topliss-reactive ketones (excluding diaryl/α,β-unsaturated/α-hetero) is 1. The van der Waals surface area contributed by atoms with Crippen LogP contribution in [0.5, 0.6) is 0 Å². The predicted octanol–water partition coefficient (Wildman–Crippen LogP) is 4.45. The van der Waals surface area contributed by atoms with Gasteiger partial charge >= 0.3 is 0 Å². The van der Waals surface area contributed by atoms with Crippen molar-refractivity contribution < 1.29 is 9.53 Å². The molecule has 0 spiro atoms. The zero-order valence-corrected chi connectivity index (χ0v) is 18.1. The smallest absolute Gasteiger partial charge is 0.198 e. The van der Waals surface area contributed by atoms with Gasteiger partial charge in [0.2, 0.25) is 0 Å². The zero-order valence-electron chi connectivity index (χ0n) is 18.1. The van der Waals surface area contributed by atoms with Crippen LogP contribution in [0, 0.1) is 0 Å². The van der Waals surface area contributed by atoms with E-state index in [0.717, 1.165) is 48.9 Å². The Hall–Kier alpha value is -3.64. The summed E-state index contributed by atoms with van der Waals surface area (Å²) in [6.07, 6.45) is -0.258. The zero-order chi connectivity index (χ0) is 21.9. The maximum atomic E-state index is 12.7. The maximum absolute atomic E-state index is 12.7. The van der Waals surface area contributed by atoms with Gasteiger partial charge in [0, 0.05) is 31.4 Å². The van der Waals surface area contributed by atoms with E-state index in [1.54, 1.807) is 6.92 Å². The van der Waals surface area contributed by atoms with Crippen LogP contribution in [0.1, 0.15) is 18.7 Å². The summed E-state index contributed by atoms with van der Waals surface area (Å²) < 4.78 is 5.47. The number of ether oxygens (including phenoxy) is 1. The number of amidine groups is 1. The number of ketones is 1. The molecular weight excluding hydrogens is 400 g/mol. The molecule has 1 fully saturated rings. The second-order valence-electron chi connectivity index (χ2n) is 7.93. The summed E-state index contributed by atoms with van der Waals surface area (Å²) in [7, 11) is 0. The van der Waals surface area contributed by atoms with E-state index in [1.807, 2.05) is 58.4 Å². The van der Waals surface area contributed by atoms with Gasteiger partial charge in [0.1, 0.15) is 0 Å². The molecule has 162 valence electrons. The van der Waals surface area contributed by atoms with Gasteiger partial charge in [-0.2, -0.15) is 0 Å². The number of hydrogen-bond donors (Lipinski definition) is 0. The Bertz CT molecular complexity index is 1090. The molecule has 2 aliphatic rings. The van der Waals surface area contributed by atoms with Crippen molar-refractivity contribution in [2.45, 2.75) is 13.1 Å². The Labute approximate surface area is 188 Å². The number of nitrogens with zero attached hydrogens (tertiary/aromatic N) is 4. The lowest BCUT2D eigenvalue weighted by Crippen LogP contribution is -2.38. The van der Waals surface area contributed by atoms with Crippen molar-refractivity contribution >= 4 is 28.7 Å². The highest BCUT2D eigenvalue weighted by Crippen LogP contribution is 2.39. The van der Waals surface area contributed by atoms with E-state index in [4.69, 9.17) is 9.84 Å². The van der Waals surface area contributed by atoms with Crippen LogP contribution < -0.4 is 14.8 Å². The molecule has 6 heteroatoms. The van der Waals surface area contributed by atoms with Gasteiger partial charge in [-0.1, -0.05) is 48.5 Å². The molecule has 3 aromatic carbocycles. The van der Waals surface area contributed by atoms with E-state index >= 15 is 0 Å². The molecule has 0 aromatic heterocycles. The minimum Gasteiger partial charge on any atom is -0.378 e. The van der Waals surface area contributed by atoms with E-state index in [2.05, 4.69) is 41.3 Å². The molecular formula is C26H26N4O2. The molecule has 2 heterocycles. The molecule has 0 unspecified atom stereocenters. The molecule has 2 aliphatic heterocycles. The highest BCUT2D eigenvalue weighted by Gasteiger charge is 2.39. The second-order valence-corrected chi connectivity index (χ2v) is 7.93. The van der Waals surface area contributed by atoms with Crippen molar-refractivity contribution in [3.8, 4) is 0 Å². The number of carbonyl (C=O) groups excluding carboxylic acids is 1.